The van der Waals surface area contributed by atoms with Crippen molar-refractivity contribution in [3.05, 3.63) is 54.2 Å². The minimum absolute atomic E-state index is 0.0497. The molecular weight excluding hydrogens is 358 g/mol. The molecule has 0 bridgehead atoms. The van der Waals surface area contributed by atoms with E-state index in [1.807, 2.05) is 55.4 Å². The Morgan fingerprint density at radius 2 is 2.14 bits per heavy atom. The van der Waals surface area contributed by atoms with Gasteiger partial charge in [0.1, 0.15) is 5.76 Å². The van der Waals surface area contributed by atoms with Crippen molar-refractivity contribution >= 4 is 11.7 Å². The number of carbonyl (C=O) groups is 1. The summed E-state index contributed by atoms with van der Waals surface area (Å²) >= 11 is 0. The van der Waals surface area contributed by atoms with Crippen molar-refractivity contribution in [2.24, 2.45) is 0 Å². The number of furan rings is 1. The maximum Gasteiger partial charge on any atom is 0.319 e. The number of hydrogen-bond acceptors (Lipinski definition) is 6. The molecule has 2 amide bonds. The van der Waals surface area contributed by atoms with Gasteiger partial charge in [0.2, 0.25) is 0 Å². The molecule has 4 rings (SSSR count). The van der Waals surface area contributed by atoms with Gasteiger partial charge in [0.25, 0.3) is 5.89 Å². The molecule has 0 aliphatic heterocycles. The number of likely N-dealkylation sites (N-methyl/N-ethyl adjacent to an activating group) is 1. The molecule has 2 heterocycles. The Morgan fingerprint density at radius 3 is 2.86 bits per heavy atom. The molecule has 8 nitrogen and oxygen atoms in total. The third kappa shape index (κ3) is 4.23. The number of urea groups is 1. The van der Waals surface area contributed by atoms with Crippen LogP contribution in [0.15, 0.2) is 51.6 Å². The number of hydrogen-bond donors (Lipinski definition) is 2. The van der Waals surface area contributed by atoms with Gasteiger partial charge in [0.15, 0.2) is 5.82 Å². The number of nitrogens with one attached hydrogen (secondary N) is 2. The number of carbonyl (C=O) groups excluding carboxylic acids is 1. The quantitative estimate of drug-likeness (QED) is 0.649. The van der Waals surface area contributed by atoms with Crippen LogP contribution < -0.4 is 10.6 Å². The van der Waals surface area contributed by atoms with Crippen molar-refractivity contribution < 1.29 is 13.7 Å². The summed E-state index contributed by atoms with van der Waals surface area (Å²) in [7, 11) is 3.88. The van der Waals surface area contributed by atoms with Crippen molar-refractivity contribution in [2.75, 3.05) is 26.0 Å². The molecule has 2 N–H and O–H groups in total. The molecule has 1 atom stereocenters. The Balaban J connectivity index is 1.37. The average Bonchev–Trinajstić information content (AvgIpc) is 3.17. The molecule has 28 heavy (non-hydrogen) atoms. The number of nitrogens with zero attached hydrogens (tertiary/aromatic N) is 3. The molecule has 0 spiro atoms. The molecule has 0 radical (unpaired) electrons. The van der Waals surface area contributed by atoms with Gasteiger partial charge in [-0.2, -0.15) is 4.98 Å². The fraction of sp³-hybridized carbons (Fsp3) is 0.350. The van der Waals surface area contributed by atoms with E-state index < -0.39 is 0 Å². The zero-order chi connectivity index (χ0) is 19.5. The predicted octanol–water partition coefficient (Wildman–Crippen LogP) is 3.63. The molecule has 146 valence electrons. The predicted molar refractivity (Wildman–Crippen MR) is 104 cm³/mol. The number of benzene rings is 1. The van der Waals surface area contributed by atoms with Crippen molar-refractivity contribution in [3.63, 3.8) is 0 Å². The van der Waals surface area contributed by atoms with Gasteiger partial charge in [-0.05, 0) is 57.3 Å². The third-order valence-electron chi connectivity index (χ3n) is 4.70. The Kier molecular flexibility index (Phi) is 5.12. The van der Waals surface area contributed by atoms with Crippen LogP contribution in [0.5, 0.6) is 0 Å². The smallest absolute Gasteiger partial charge is 0.319 e. The number of anilines is 1. The summed E-state index contributed by atoms with van der Waals surface area (Å²) in [4.78, 5) is 18.8. The SMILES string of the molecule is CN(C)[C@H](CNC(=O)Nc1cccc(-c2nc(C3CC3)no2)c1)c1ccco1. The molecular formula is C20H23N5O3. The zero-order valence-corrected chi connectivity index (χ0v) is 15.9. The van der Waals surface area contributed by atoms with E-state index in [-0.39, 0.29) is 12.1 Å². The van der Waals surface area contributed by atoms with Gasteiger partial charge in [-0.25, -0.2) is 4.79 Å². The molecule has 1 aromatic carbocycles. The summed E-state index contributed by atoms with van der Waals surface area (Å²) in [6, 6.07) is 10.8. The molecule has 1 fully saturated rings. The van der Waals surface area contributed by atoms with E-state index in [4.69, 9.17) is 8.94 Å². The molecule has 2 aromatic heterocycles. The van der Waals surface area contributed by atoms with Gasteiger partial charge in [-0.15, -0.1) is 0 Å². The lowest BCUT2D eigenvalue weighted by Crippen LogP contribution is -2.36. The third-order valence-corrected chi connectivity index (χ3v) is 4.70. The van der Waals surface area contributed by atoms with Gasteiger partial charge in [-0.3, -0.25) is 4.90 Å². The van der Waals surface area contributed by atoms with E-state index in [0.29, 0.717) is 24.0 Å². The van der Waals surface area contributed by atoms with E-state index in [9.17, 15) is 4.79 Å². The van der Waals surface area contributed by atoms with E-state index in [1.165, 1.54) is 0 Å². The normalized spacial score (nSPS) is 14.8. The maximum absolute atomic E-state index is 12.3. The lowest BCUT2D eigenvalue weighted by Gasteiger charge is -2.22. The highest BCUT2D eigenvalue weighted by molar-refractivity contribution is 5.89. The van der Waals surface area contributed by atoms with Gasteiger partial charge in [-0.1, -0.05) is 11.2 Å². The fourth-order valence-electron chi connectivity index (χ4n) is 2.97. The van der Waals surface area contributed by atoms with Crippen molar-refractivity contribution in [3.8, 4) is 11.5 Å². The molecule has 1 aliphatic rings. The fourth-order valence-corrected chi connectivity index (χ4v) is 2.97. The van der Waals surface area contributed by atoms with E-state index in [2.05, 4.69) is 20.8 Å². The summed E-state index contributed by atoms with van der Waals surface area (Å²) in [6.07, 6.45) is 3.86. The van der Waals surface area contributed by atoms with Gasteiger partial charge in [0, 0.05) is 23.7 Å². The lowest BCUT2D eigenvalue weighted by atomic mass is 10.2. The second-order valence-electron chi connectivity index (χ2n) is 7.14. The molecule has 0 unspecified atom stereocenters. The van der Waals surface area contributed by atoms with E-state index in [1.54, 1.807) is 6.26 Å². The van der Waals surface area contributed by atoms with Crippen LogP contribution >= 0.6 is 0 Å². The highest BCUT2D eigenvalue weighted by Gasteiger charge is 2.29. The Labute approximate surface area is 162 Å². The minimum atomic E-state index is -0.292. The van der Waals surface area contributed by atoms with Crippen molar-refractivity contribution in [1.29, 1.82) is 0 Å². The molecule has 0 saturated heterocycles. The monoisotopic (exact) mass is 381 g/mol. The average molecular weight is 381 g/mol. The highest BCUT2D eigenvalue weighted by atomic mass is 16.5. The molecule has 1 aliphatic carbocycles. The van der Waals surface area contributed by atoms with Crippen LogP contribution in [0.25, 0.3) is 11.5 Å². The van der Waals surface area contributed by atoms with Crippen LogP contribution in [-0.2, 0) is 0 Å². The van der Waals surface area contributed by atoms with Crippen LogP contribution in [0.3, 0.4) is 0 Å². The van der Waals surface area contributed by atoms with E-state index in [0.717, 1.165) is 30.0 Å². The van der Waals surface area contributed by atoms with Crippen LogP contribution in [0.4, 0.5) is 10.5 Å². The second kappa shape index (κ2) is 7.85. The topological polar surface area (TPSA) is 96.4 Å². The van der Waals surface area contributed by atoms with Crippen LogP contribution in [0.2, 0.25) is 0 Å². The van der Waals surface area contributed by atoms with Crippen LogP contribution in [0.1, 0.15) is 36.4 Å². The summed E-state index contributed by atoms with van der Waals surface area (Å²) in [6.45, 7) is 0.417. The maximum atomic E-state index is 12.3. The van der Waals surface area contributed by atoms with Gasteiger partial charge < -0.3 is 19.6 Å². The molecule has 3 aromatic rings. The number of amides is 2. The van der Waals surface area contributed by atoms with Gasteiger partial charge in [0.05, 0.1) is 12.3 Å². The number of aromatic nitrogens is 2. The van der Waals surface area contributed by atoms with Crippen LogP contribution in [-0.4, -0.2) is 41.7 Å². The summed E-state index contributed by atoms with van der Waals surface area (Å²) < 4.78 is 10.8. The van der Waals surface area contributed by atoms with Crippen molar-refractivity contribution in [1.82, 2.24) is 20.4 Å². The minimum Gasteiger partial charge on any atom is -0.468 e. The Hall–Kier alpha value is -3.13. The Bertz CT molecular complexity index is 931. The standard InChI is InChI=1S/C20H23N5O3/c1-25(2)16(17-7-4-10-27-17)12-21-20(26)22-15-6-3-5-14(11-15)19-23-18(24-28-19)13-8-9-13/h3-7,10-11,13,16H,8-9,12H2,1-2H3,(H2,21,22,26)/t16-/m1/s1. The largest absolute Gasteiger partial charge is 0.468 e. The zero-order valence-electron chi connectivity index (χ0n) is 15.9. The first kappa shape index (κ1) is 18.2. The summed E-state index contributed by atoms with van der Waals surface area (Å²) in [5, 5.41) is 9.76. The van der Waals surface area contributed by atoms with Crippen LogP contribution in [0, 0.1) is 0 Å². The second-order valence-corrected chi connectivity index (χ2v) is 7.14. The first-order valence-corrected chi connectivity index (χ1v) is 9.29. The first-order valence-electron chi connectivity index (χ1n) is 9.29. The summed E-state index contributed by atoms with van der Waals surface area (Å²) in [5.41, 5.74) is 1.43. The first-order chi connectivity index (χ1) is 13.6. The molecule has 1 saturated carbocycles. The lowest BCUT2D eigenvalue weighted by molar-refractivity contribution is 0.233. The summed E-state index contributed by atoms with van der Waals surface area (Å²) in [5.74, 6) is 2.47. The van der Waals surface area contributed by atoms with E-state index >= 15 is 0 Å². The number of rotatable bonds is 7. The highest BCUT2D eigenvalue weighted by Crippen LogP contribution is 2.39. The molecule has 8 heteroatoms. The van der Waals surface area contributed by atoms with Crippen molar-refractivity contribution in [2.45, 2.75) is 24.8 Å². The van der Waals surface area contributed by atoms with Gasteiger partial charge >= 0.3 is 6.03 Å². The Morgan fingerprint density at radius 1 is 1.29 bits per heavy atom.